The largest absolute Gasteiger partial charge is 0.484 e. The number of anilines is 1. The van der Waals surface area contributed by atoms with Gasteiger partial charge in [0.25, 0.3) is 11.8 Å². The molecule has 0 unspecified atom stereocenters. The van der Waals surface area contributed by atoms with Crippen molar-refractivity contribution in [3.8, 4) is 5.75 Å². The van der Waals surface area contributed by atoms with Gasteiger partial charge in [-0.25, -0.2) is 0 Å². The first kappa shape index (κ1) is 20.1. The van der Waals surface area contributed by atoms with E-state index >= 15 is 0 Å². The zero-order valence-corrected chi connectivity index (χ0v) is 16.1. The molecule has 0 spiro atoms. The molecule has 0 aliphatic heterocycles. The number of amides is 2. The van der Waals surface area contributed by atoms with E-state index in [1.54, 1.807) is 47.4 Å². The standard InChI is InChI=1S/C19H20Cl2N2O3/c1-3-23(4-2)19(25)16-10-7-14(11-17(16)21)22-18(24)12-26-15-8-5-13(20)6-9-15/h5-11H,3-4,12H2,1-2H3,(H,22,24). The topological polar surface area (TPSA) is 58.6 Å². The Kier molecular flexibility index (Phi) is 7.30. The molecule has 5 nitrogen and oxygen atoms in total. The van der Waals surface area contributed by atoms with Crippen molar-refractivity contribution < 1.29 is 14.3 Å². The summed E-state index contributed by atoms with van der Waals surface area (Å²) in [6.07, 6.45) is 0. The molecule has 2 aromatic carbocycles. The molecule has 0 aliphatic rings. The Hall–Kier alpha value is -2.24. The number of hydrogen-bond acceptors (Lipinski definition) is 3. The number of carbonyl (C=O) groups excluding carboxylic acids is 2. The predicted octanol–water partition coefficient (Wildman–Crippen LogP) is 4.49. The number of nitrogens with zero attached hydrogens (tertiary/aromatic N) is 1. The first-order chi connectivity index (χ1) is 12.4. The Balaban J connectivity index is 1.97. The zero-order chi connectivity index (χ0) is 19.1. The van der Waals surface area contributed by atoms with E-state index in [0.717, 1.165) is 0 Å². The highest BCUT2D eigenvalue weighted by atomic mass is 35.5. The van der Waals surface area contributed by atoms with Crippen LogP contribution in [0.3, 0.4) is 0 Å². The highest BCUT2D eigenvalue weighted by Gasteiger charge is 2.16. The van der Waals surface area contributed by atoms with Gasteiger partial charge in [0, 0.05) is 23.8 Å². The molecule has 0 saturated heterocycles. The summed E-state index contributed by atoms with van der Waals surface area (Å²) in [6, 6.07) is 11.5. The molecular weight excluding hydrogens is 375 g/mol. The van der Waals surface area contributed by atoms with Crippen LogP contribution in [0.15, 0.2) is 42.5 Å². The van der Waals surface area contributed by atoms with Gasteiger partial charge < -0.3 is 15.0 Å². The molecule has 0 saturated carbocycles. The minimum absolute atomic E-state index is 0.135. The Bertz CT molecular complexity index is 775. The second-order valence-corrected chi connectivity index (χ2v) is 6.31. The Morgan fingerprint density at radius 1 is 1.04 bits per heavy atom. The quantitative estimate of drug-likeness (QED) is 0.752. The predicted molar refractivity (Wildman–Crippen MR) is 104 cm³/mol. The average molecular weight is 395 g/mol. The molecule has 0 radical (unpaired) electrons. The van der Waals surface area contributed by atoms with Crippen molar-refractivity contribution in [2.24, 2.45) is 0 Å². The lowest BCUT2D eigenvalue weighted by Gasteiger charge is -2.19. The van der Waals surface area contributed by atoms with E-state index in [1.165, 1.54) is 0 Å². The van der Waals surface area contributed by atoms with Crippen LogP contribution in [-0.4, -0.2) is 36.4 Å². The first-order valence-electron chi connectivity index (χ1n) is 8.21. The number of ether oxygens (including phenoxy) is 1. The van der Waals surface area contributed by atoms with Crippen LogP contribution in [0.5, 0.6) is 5.75 Å². The van der Waals surface area contributed by atoms with E-state index < -0.39 is 0 Å². The Labute approximate surface area is 162 Å². The normalized spacial score (nSPS) is 10.3. The van der Waals surface area contributed by atoms with Gasteiger partial charge in [-0.15, -0.1) is 0 Å². The van der Waals surface area contributed by atoms with Crippen LogP contribution in [0.2, 0.25) is 10.0 Å². The molecule has 0 bridgehead atoms. The first-order valence-corrected chi connectivity index (χ1v) is 8.97. The lowest BCUT2D eigenvalue weighted by molar-refractivity contribution is -0.118. The lowest BCUT2D eigenvalue weighted by Crippen LogP contribution is -2.30. The Morgan fingerprint density at radius 2 is 1.69 bits per heavy atom. The van der Waals surface area contributed by atoms with E-state index in [-0.39, 0.29) is 18.4 Å². The molecule has 138 valence electrons. The summed E-state index contributed by atoms with van der Waals surface area (Å²) in [5, 5.41) is 3.57. The molecule has 0 heterocycles. The summed E-state index contributed by atoms with van der Waals surface area (Å²) in [5.74, 6) is 0.0746. The van der Waals surface area contributed by atoms with Gasteiger partial charge in [-0.1, -0.05) is 23.2 Å². The van der Waals surface area contributed by atoms with Crippen LogP contribution < -0.4 is 10.1 Å². The summed E-state index contributed by atoms with van der Waals surface area (Å²) >= 11 is 12.0. The van der Waals surface area contributed by atoms with Crippen molar-refractivity contribution in [3.63, 3.8) is 0 Å². The van der Waals surface area contributed by atoms with Crippen molar-refractivity contribution in [2.45, 2.75) is 13.8 Å². The van der Waals surface area contributed by atoms with Crippen molar-refractivity contribution in [3.05, 3.63) is 58.1 Å². The van der Waals surface area contributed by atoms with Gasteiger partial charge in [-0.05, 0) is 56.3 Å². The van der Waals surface area contributed by atoms with Crippen LogP contribution in [-0.2, 0) is 4.79 Å². The number of halogens is 2. The number of rotatable bonds is 7. The van der Waals surface area contributed by atoms with Crippen molar-refractivity contribution in [1.29, 1.82) is 0 Å². The fraction of sp³-hybridized carbons (Fsp3) is 0.263. The second-order valence-electron chi connectivity index (χ2n) is 5.46. The molecule has 7 heteroatoms. The van der Waals surface area contributed by atoms with E-state index in [0.29, 0.717) is 40.1 Å². The van der Waals surface area contributed by atoms with Crippen LogP contribution in [0, 0.1) is 0 Å². The number of benzene rings is 2. The SMILES string of the molecule is CCN(CC)C(=O)c1ccc(NC(=O)COc2ccc(Cl)cc2)cc1Cl. The fourth-order valence-electron chi connectivity index (χ4n) is 2.32. The van der Waals surface area contributed by atoms with Crippen LogP contribution >= 0.6 is 23.2 Å². The molecule has 2 amide bonds. The van der Waals surface area contributed by atoms with Gasteiger partial charge in [0.05, 0.1) is 10.6 Å². The maximum atomic E-state index is 12.4. The van der Waals surface area contributed by atoms with Gasteiger partial charge in [-0.3, -0.25) is 9.59 Å². The highest BCUT2D eigenvalue weighted by Crippen LogP contribution is 2.22. The van der Waals surface area contributed by atoms with Gasteiger partial charge in [0.15, 0.2) is 6.61 Å². The lowest BCUT2D eigenvalue weighted by atomic mass is 10.1. The molecule has 26 heavy (non-hydrogen) atoms. The number of carbonyl (C=O) groups is 2. The van der Waals surface area contributed by atoms with E-state index in [2.05, 4.69) is 5.32 Å². The molecule has 0 aliphatic carbocycles. The molecule has 1 N–H and O–H groups in total. The van der Waals surface area contributed by atoms with Crippen LogP contribution in [0.4, 0.5) is 5.69 Å². The molecule has 0 aromatic heterocycles. The minimum Gasteiger partial charge on any atom is -0.484 e. The van der Waals surface area contributed by atoms with Crippen molar-refractivity contribution in [2.75, 3.05) is 25.0 Å². The summed E-state index contributed by atoms with van der Waals surface area (Å²) < 4.78 is 5.38. The fourth-order valence-corrected chi connectivity index (χ4v) is 2.71. The Morgan fingerprint density at radius 3 is 2.27 bits per heavy atom. The summed E-state index contributed by atoms with van der Waals surface area (Å²) in [5.41, 5.74) is 0.904. The number of hydrogen-bond donors (Lipinski definition) is 1. The molecule has 2 aromatic rings. The molecular formula is C19H20Cl2N2O3. The molecule has 0 fully saturated rings. The van der Waals surface area contributed by atoms with Crippen LogP contribution in [0.1, 0.15) is 24.2 Å². The van der Waals surface area contributed by atoms with Gasteiger partial charge in [0.1, 0.15) is 5.75 Å². The maximum Gasteiger partial charge on any atom is 0.262 e. The van der Waals surface area contributed by atoms with Crippen LogP contribution in [0.25, 0.3) is 0 Å². The van der Waals surface area contributed by atoms with E-state index in [9.17, 15) is 9.59 Å². The van der Waals surface area contributed by atoms with Crippen molar-refractivity contribution >= 4 is 40.7 Å². The average Bonchev–Trinajstić information content (AvgIpc) is 2.62. The monoisotopic (exact) mass is 394 g/mol. The van der Waals surface area contributed by atoms with Gasteiger partial charge in [-0.2, -0.15) is 0 Å². The second kappa shape index (κ2) is 9.46. The molecule has 0 atom stereocenters. The minimum atomic E-state index is -0.334. The third-order valence-corrected chi connectivity index (χ3v) is 4.28. The number of nitrogens with one attached hydrogen (secondary N) is 1. The van der Waals surface area contributed by atoms with Crippen molar-refractivity contribution in [1.82, 2.24) is 4.90 Å². The van der Waals surface area contributed by atoms with E-state index in [1.807, 2.05) is 13.8 Å². The van der Waals surface area contributed by atoms with Gasteiger partial charge >= 0.3 is 0 Å². The summed E-state index contributed by atoms with van der Waals surface area (Å²) in [7, 11) is 0. The van der Waals surface area contributed by atoms with E-state index in [4.69, 9.17) is 27.9 Å². The zero-order valence-electron chi connectivity index (χ0n) is 14.6. The molecule has 2 rings (SSSR count). The highest BCUT2D eigenvalue weighted by molar-refractivity contribution is 6.34. The smallest absolute Gasteiger partial charge is 0.262 e. The maximum absolute atomic E-state index is 12.4. The summed E-state index contributed by atoms with van der Waals surface area (Å²) in [6.45, 7) is 4.87. The third kappa shape index (κ3) is 5.38. The van der Waals surface area contributed by atoms with Gasteiger partial charge in [0.2, 0.25) is 0 Å². The summed E-state index contributed by atoms with van der Waals surface area (Å²) in [4.78, 5) is 26.1. The third-order valence-electron chi connectivity index (χ3n) is 3.72.